The van der Waals surface area contributed by atoms with Gasteiger partial charge in [0, 0.05) is 37.0 Å². The lowest BCUT2D eigenvalue weighted by Crippen LogP contribution is -2.38. The van der Waals surface area contributed by atoms with Crippen molar-refractivity contribution in [3.05, 3.63) is 66.5 Å². The molecule has 2 aromatic heterocycles. The Kier molecular flexibility index (Phi) is 6.16. The molecule has 0 atom stereocenters. The average molecular weight is 417 g/mol. The van der Waals surface area contributed by atoms with E-state index in [4.69, 9.17) is 4.74 Å². The van der Waals surface area contributed by atoms with E-state index in [1.165, 1.54) is 7.11 Å². The van der Waals surface area contributed by atoms with Gasteiger partial charge in [0.05, 0.1) is 24.1 Å². The Hall–Kier alpha value is -3.81. The van der Waals surface area contributed by atoms with Gasteiger partial charge >= 0.3 is 5.97 Å². The number of carbonyl (C=O) groups excluding carboxylic acids is 2. The van der Waals surface area contributed by atoms with Crippen LogP contribution in [0.15, 0.2) is 60.9 Å². The van der Waals surface area contributed by atoms with Crippen molar-refractivity contribution in [1.29, 1.82) is 0 Å². The summed E-state index contributed by atoms with van der Waals surface area (Å²) in [5, 5.41) is 11.6. The van der Waals surface area contributed by atoms with E-state index in [0.717, 1.165) is 17.1 Å². The third-order valence-electron chi connectivity index (χ3n) is 5.39. The molecule has 3 aromatic rings. The number of ether oxygens (including phenoxy) is 1. The number of rotatable bonds is 5. The number of hydrogen-bond donors (Lipinski definition) is 1. The molecular formula is C23H23N5O3. The van der Waals surface area contributed by atoms with Crippen molar-refractivity contribution >= 4 is 23.4 Å². The Labute approximate surface area is 180 Å². The number of esters is 1. The molecule has 1 saturated heterocycles. The number of carbonyl (C=O) groups is 2. The molecule has 8 heteroatoms. The zero-order valence-electron chi connectivity index (χ0n) is 17.2. The highest BCUT2D eigenvalue weighted by molar-refractivity contribution is 6.01. The lowest BCUT2D eigenvalue weighted by atomic mass is 9.95. The van der Waals surface area contributed by atoms with Gasteiger partial charge in [0.25, 0.3) is 0 Å². The van der Waals surface area contributed by atoms with Crippen molar-refractivity contribution < 1.29 is 14.3 Å². The molecule has 4 rings (SSSR count). The number of hydrogen-bond acceptors (Lipinski definition) is 7. The molecule has 0 bridgehead atoms. The molecule has 0 aliphatic carbocycles. The van der Waals surface area contributed by atoms with Crippen LogP contribution in [0.1, 0.15) is 23.2 Å². The van der Waals surface area contributed by atoms with Gasteiger partial charge in [-0.1, -0.05) is 12.1 Å². The summed E-state index contributed by atoms with van der Waals surface area (Å²) in [5.41, 5.74) is 2.51. The number of piperidine rings is 1. The lowest BCUT2D eigenvalue weighted by molar-refractivity contribution is -0.120. The van der Waals surface area contributed by atoms with E-state index in [1.807, 2.05) is 24.3 Å². The third kappa shape index (κ3) is 4.69. The first-order chi connectivity index (χ1) is 15.2. The van der Waals surface area contributed by atoms with Crippen molar-refractivity contribution in [3.8, 4) is 11.3 Å². The van der Waals surface area contributed by atoms with Crippen molar-refractivity contribution in [1.82, 2.24) is 15.2 Å². The fourth-order valence-electron chi connectivity index (χ4n) is 3.65. The first kappa shape index (κ1) is 20.5. The Morgan fingerprint density at radius 2 is 1.84 bits per heavy atom. The Morgan fingerprint density at radius 1 is 1.03 bits per heavy atom. The van der Waals surface area contributed by atoms with E-state index in [1.54, 1.807) is 36.7 Å². The van der Waals surface area contributed by atoms with Gasteiger partial charge < -0.3 is 15.0 Å². The van der Waals surface area contributed by atoms with E-state index < -0.39 is 5.97 Å². The summed E-state index contributed by atoms with van der Waals surface area (Å²) in [6, 6.07) is 14.5. The monoisotopic (exact) mass is 417 g/mol. The standard InChI is InChI=1S/C23H23N5O3/c1-31-23(30)18-6-2-3-7-20(18)25-22(29)16-10-13-28(14-11-16)21-9-8-19(26-27-21)17-5-4-12-24-15-17/h2-9,12,15-16H,10-11,13-14H2,1H3,(H,25,29). The molecule has 1 aromatic carbocycles. The molecule has 0 spiro atoms. The van der Waals surface area contributed by atoms with Gasteiger partial charge in [0.2, 0.25) is 5.91 Å². The van der Waals surface area contributed by atoms with Crippen LogP contribution in [0, 0.1) is 5.92 Å². The minimum atomic E-state index is -0.473. The van der Waals surface area contributed by atoms with E-state index >= 15 is 0 Å². The predicted molar refractivity (Wildman–Crippen MR) is 117 cm³/mol. The zero-order chi connectivity index (χ0) is 21.6. The van der Waals surface area contributed by atoms with E-state index in [0.29, 0.717) is 37.2 Å². The smallest absolute Gasteiger partial charge is 0.339 e. The van der Waals surface area contributed by atoms with Crippen LogP contribution >= 0.6 is 0 Å². The molecular weight excluding hydrogens is 394 g/mol. The molecule has 1 amide bonds. The van der Waals surface area contributed by atoms with Crippen LogP contribution in [0.3, 0.4) is 0 Å². The maximum absolute atomic E-state index is 12.8. The highest BCUT2D eigenvalue weighted by Crippen LogP contribution is 2.25. The van der Waals surface area contributed by atoms with E-state index in [-0.39, 0.29) is 11.8 Å². The second-order valence-corrected chi connectivity index (χ2v) is 7.31. The fraction of sp³-hybridized carbons (Fsp3) is 0.261. The number of para-hydroxylation sites is 1. The molecule has 0 unspecified atom stereocenters. The maximum atomic E-state index is 12.8. The minimum absolute atomic E-state index is 0.0889. The molecule has 3 heterocycles. The summed E-state index contributed by atoms with van der Waals surface area (Å²) in [4.78, 5) is 30.9. The molecule has 1 aliphatic rings. The van der Waals surface area contributed by atoms with Gasteiger partial charge in [0.1, 0.15) is 0 Å². The number of amides is 1. The van der Waals surface area contributed by atoms with Crippen LogP contribution in [-0.4, -0.2) is 47.3 Å². The summed E-state index contributed by atoms with van der Waals surface area (Å²) in [5.74, 6) is 0.0974. The Bertz CT molecular complexity index is 1050. The van der Waals surface area contributed by atoms with Crippen molar-refractivity contribution in [2.45, 2.75) is 12.8 Å². The quantitative estimate of drug-likeness (QED) is 0.637. The molecule has 8 nitrogen and oxygen atoms in total. The van der Waals surface area contributed by atoms with Gasteiger partial charge in [-0.25, -0.2) is 4.79 Å². The summed E-state index contributed by atoms with van der Waals surface area (Å²) in [7, 11) is 1.32. The van der Waals surface area contributed by atoms with Crippen LogP contribution in [0.2, 0.25) is 0 Å². The number of pyridine rings is 1. The highest BCUT2D eigenvalue weighted by Gasteiger charge is 2.26. The number of anilines is 2. The maximum Gasteiger partial charge on any atom is 0.339 e. The Balaban J connectivity index is 1.36. The number of nitrogens with one attached hydrogen (secondary N) is 1. The minimum Gasteiger partial charge on any atom is -0.465 e. The second kappa shape index (κ2) is 9.34. The largest absolute Gasteiger partial charge is 0.465 e. The summed E-state index contributed by atoms with van der Waals surface area (Å²) in [6.45, 7) is 1.41. The topological polar surface area (TPSA) is 97.3 Å². The van der Waals surface area contributed by atoms with E-state index in [9.17, 15) is 9.59 Å². The van der Waals surface area contributed by atoms with Gasteiger partial charge in [-0.15, -0.1) is 10.2 Å². The molecule has 31 heavy (non-hydrogen) atoms. The van der Waals surface area contributed by atoms with Crippen LogP contribution < -0.4 is 10.2 Å². The molecule has 0 radical (unpaired) electrons. The molecule has 1 aliphatic heterocycles. The zero-order valence-corrected chi connectivity index (χ0v) is 17.2. The van der Waals surface area contributed by atoms with Crippen LogP contribution in [0.25, 0.3) is 11.3 Å². The van der Waals surface area contributed by atoms with E-state index in [2.05, 4.69) is 25.4 Å². The average Bonchev–Trinajstić information content (AvgIpc) is 2.84. The molecule has 158 valence electrons. The number of nitrogens with zero attached hydrogens (tertiary/aromatic N) is 4. The molecule has 0 saturated carbocycles. The summed E-state index contributed by atoms with van der Waals surface area (Å²) >= 11 is 0. The van der Waals surface area contributed by atoms with Gasteiger partial charge in [0.15, 0.2) is 5.82 Å². The number of methoxy groups -OCH3 is 1. The predicted octanol–water partition coefficient (Wildman–Crippen LogP) is 3.18. The normalized spacial score (nSPS) is 14.2. The molecule has 1 fully saturated rings. The van der Waals surface area contributed by atoms with Crippen LogP contribution in [-0.2, 0) is 9.53 Å². The van der Waals surface area contributed by atoms with Crippen molar-refractivity contribution in [2.24, 2.45) is 5.92 Å². The van der Waals surface area contributed by atoms with Crippen LogP contribution in [0.5, 0.6) is 0 Å². The number of benzene rings is 1. The van der Waals surface area contributed by atoms with Crippen LogP contribution in [0.4, 0.5) is 11.5 Å². The van der Waals surface area contributed by atoms with Gasteiger partial charge in [-0.05, 0) is 49.2 Å². The first-order valence-electron chi connectivity index (χ1n) is 10.1. The lowest BCUT2D eigenvalue weighted by Gasteiger charge is -2.32. The summed E-state index contributed by atoms with van der Waals surface area (Å²) < 4.78 is 4.79. The first-order valence-corrected chi connectivity index (χ1v) is 10.1. The molecule has 1 N–H and O–H groups in total. The summed E-state index contributed by atoms with van der Waals surface area (Å²) in [6.07, 6.45) is 4.86. The fourth-order valence-corrected chi connectivity index (χ4v) is 3.65. The van der Waals surface area contributed by atoms with Gasteiger partial charge in [-0.3, -0.25) is 9.78 Å². The van der Waals surface area contributed by atoms with Crippen molar-refractivity contribution in [2.75, 3.05) is 30.4 Å². The van der Waals surface area contributed by atoms with Crippen molar-refractivity contribution in [3.63, 3.8) is 0 Å². The number of aromatic nitrogens is 3. The highest BCUT2D eigenvalue weighted by atomic mass is 16.5. The second-order valence-electron chi connectivity index (χ2n) is 7.31. The SMILES string of the molecule is COC(=O)c1ccccc1NC(=O)C1CCN(c2ccc(-c3cccnc3)nn2)CC1. The Morgan fingerprint density at radius 3 is 2.52 bits per heavy atom. The third-order valence-corrected chi connectivity index (χ3v) is 5.39. The van der Waals surface area contributed by atoms with Gasteiger partial charge in [-0.2, -0.15) is 0 Å².